The van der Waals surface area contributed by atoms with E-state index in [4.69, 9.17) is 9.84 Å². The number of benzene rings is 2. The van der Waals surface area contributed by atoms with Crippen molar-refractivity contribution in [3.8, 4) is 0 Å². The van der Waals surface area contributed by atoms with Crippen molar-refractivity contribution in [2.75, 3.05) is 6.54 Å². The second kappa shape index (κ2) is 10.1. The molecule has 2 aromatic rings. The van der Waals surface area contributed by atoms with Gasteiger partial charge in [-0.1, -0.05) is 30.3 Å². The highest BCUT2D eigenvalue weighted by atomic mass is 19.4. The molecule has 30 heavy (non-hydrogen) atoms. The number of alkyl carbamates (subject to hydrolysis) is 1. The Balaban J connectivity index is 1.92. The molecule has 0 spiro atoms. The standard InChI is InChI=1S/C20H20F3NO6/c21-20(22,23)15-9-13(8-14(10-15)18(27)28)17(26)16(25)6-7-24-19(29)30-11-12-4-2-1-3-5-12/h1-5,8-10,16-17,25-26H,6-7,11H2,(H,24,29)(H,27,28). The van der Waals surface area contributed by atoms with Crippen molar-refractivity contribution in [2.24, 2.45) is 0 Å². The summed E-state index contributed by atoms with van der Waals surface area (Å²) in [6.07, 6.45) is -9.14. The summed E-state index contributed by atoms with van der Waals surface area (Å²) in [5.41, 5.74) is -1.57. The summed E-state index contributed by atoms with van der Waals surface area (Å²) in [5.74, 6) is -1.60. The SMILES string of the molecule is O=C(NCCC(O)C(O)c1cc(C(=O)O)cc(C(F)(F)F)c1)OCc1ccccc1. The van der Waals surface area contributed by atoms with Crippen LogP contribution in [0.4, 0.5) is 18.0 Å². The lowest BCUT2D eigenvalue weighted by molar-refractivity contribution is -0.137. The summed E-state index contributed by atoms with van der Waals surface area (Å²) in [4.78, 5) is 22.7. The topological polar surface area (TPSA) is 116 Å². The van der Waals surface area contributed by atoms with Crippen LogP contribution in [0, 0.1) is 0 Å². The summed E-state index contributed by atoms with van der Waals surface area (Å²) < 4.78 is 43.9. The van der Waals surface area contributed by atoms with Crippen LogP contribution in [-0.2, 0) is 17.5 Å². The summed E-state index contributed by atoms with van der Waals surface area (Å²) >= 11 is 0. The zero-order valence-corrected chi connectivity index (χ0v) is 15.6. The lowest BCUT2D eigenvalue weighted by Crippen LogP contribution is -2.30. The van der Waals surface area contributed by atoms with Crippen LogP contribution in [0.5, 0.6) is 0 Å². The quantitative estimate of drug-likeness (QED) is 0.515. The molecule has 10 heteroatoms. The van der Waals surface area contributed by atoms with Gasteiger partial charge in [0.15, 0.2) is 0 Å². The largest absolute Gasteiger partial charge is 0.478 e. The second-order valence-corrected chi connectivity index (χ2v) is 6.44. The average molecular weight is 427 g/mol. The van der Waals surface area contributed by atoms with E-state index in [-0.39, 0.29) is 19.6 Å². The van der Waals surface area contributed by atoms with E-state index < -0.39 is 47.1 Å². The molecule has 0 aliphatic heterocycles. The number of rotatable bonds is 8. The second-order valence-electron chi connectivity index (χ2n) is 6.44. The summed E-state index contributed by atoms with van der Waals surface area (Å²) in [7, 11) is 0. The van der Waals surface area contributed by atoms with Crippen molar-refractivity contribution in [3.05, 3.63) is 70.8 Å². The molecule has 0 aliphatic rings. The van der Waals surface area contributed by atoms with Crippen molar-refractivity contribution < 1.29 is 42.8 Å². The maximum atomic E-state index is 13.0. The molecule has 1 amide bonds. The Kier molecular flexibility index (Phi) is 7.79. The molecule has 2 aromatic carbocycles. The third-order valence-electron chi connectivity index (χ3n) is 4.16. The molecule has 0 aliphatic carbocycles. The molecule has 0 heterocycles. The number of halogens is 3. The Labute approximate surface area is 169 Å². The Morgan fingerprint density at radius 3 is 2.33 bits per heavy atom. The number of amides is 1. The number of carboxylic acid groups (broad SMARTS) is 1. The van der Waals surface area contributed by atoms with E-state index in [2.05, 4.69) is 5.32 Å². The van der Waals surface area contributed by atoms with Gasteiger partial charge in [0.25, 0.3) is 0 Å². The van der Waals surface area contributed by atoms with Crippen LogP contribution in [-0.4, -0.2) is 40.0 Å². The first-order valence-electron chi connectivity index (χ1n) is 8.84. The van der Waals surface area contributed by atoms with Gasteiger partial charge in [-0.05, 0) is 35.7 Å². The monoisotopic (exact) mass is 427 g/mol. The highest BCUT2D eigenvalue weighted by molar-refractivity contribution is 5.88. The van der Waals surface area contributed by atoms with E-state index in [1.807, 2.05) is 0 Å². The molecule has 2 rings (SSSR count). The molecular formula is C20H20F3NO6. The number of carboxylic acids is 1. The molecular weight excluding hydrogens is 407 g/mol. The van der Waals surface area contributed by atoms with E-state index in [0.717, 1.165) is 11.6 Å². The number of carbonyl (C=O) groups excluding carboxylic acids is 1. The van der Waals surface area contributed by atoms with Gasteiger partial charge in [-0.25, -0.2) is 9.59 Å². The fourth-order valence-corrected chi connectivity index (χ4v) is 2.59. The van der Waals surface area contributed by atoms with Crippen LogP contribution >= 0.6 is 0 Å². The number of aliphatic hydroxyl groups is 2. The first-order valence-corrected chi connectivity index (χ1v) is 8.84. The third kappa shape index (κ3) is 6.75. The zero-order valence-electron chi connectivity index (χ0n) is 15.6. The molecule has 7 nitrogen and oxygen atoms in total. The predicted molar refractivity (Wildman–Crippen MR) is 98.6 cm³/mol. The van der Waals surface area contributed by atoms with E-state index in [0.29, 0.717) is 12.1 Å². The fourth-order valence-electron chi connectivity index (χ4n) is 2.59. The lowest BCUT2D eigenvalue weighted by Gasteiger charge is -2.20. The maximum absolute atomic E-state index is 13.0. The number of hydrogen-bond acceptors (Lipinski definition) is 5. The number of aliphatic hydroxyl groups excluding tert-OH is 2. The summed E-state index contributed by atoms with van der Waals surface area (Å²) in [5, 5.41) is 31.5. The van der Waals surface area contributed by atoms with Crippen LogP contribution in [0.25, 0.3) is 0 Å². The third-order valence-corrected chi connectivity index (χ3v) is 4.16. The van der Waals surface area contributed by atoms with Crippen LogP contribution in [0.2, 0.25) is 0 Å². The molecule has 0 aromatic heterocycles. The summed E-state index contributed by atoms with van der Waals surface area (Å²) in [6.45, 7) is -0.101. The Morgan fingerprint density at radius 2 is 1.73 bits per heavy atom. The predicted octanol–water partition coefficient (Wildman–Crippen LogP) is 3.11. The zero-order chi connectivity index (χ0) is 22.3. The van der Waals surface area contributed by atoms with Gasteiger partial charge in [0, 0.05) is 6.54 Å². The average Bonchev–Trinajstić information content (AvgIpc) is 2.71. The fraction of sp³-hybridized carbons (Fsp3) is 0.300. The van der Waals surface area contributed by atoms with E-state index in [1.54, 1.807) is 30.3 Å². The molecule has 4 N–H and O–H groups in total. The molecule has 2 atom stereocenters. The number of hydrogen-bond donors (Lipinski definition) is 4. The van der Waals surface area contributed by atoms with E-state index in [1.165, 1.54) is 0 Å². The molecule has 162 valence electrons. The van der Waals surface area contributed by atoms with Gasteiger partial charge in [-0.2, -0.15) is 13.2 Å². The Bertz CT molecular complexity index is 873. The number of aromatic carboxylic acids is 1. The van der Waals surface area contributed by atoms with Crippen molar-refractivity contribution >= 4 is 12.1 Å². The molecule has 0 fully saturated rings. The summed E-state index contributed by atoms with van der Waals surface area (Å²) in [6, 6.07) is 10.7. The van der Waals surface area contributed by atoms with Gasteiger partial charge in [0.05, 0.1) is 17.2 Å². The van der Waals surface area contributed by atoms with Crippen LogP contribution in [0.3, 0.4) is 0 Å². The first-order chi connectivity index (χ1) is 14.1. The minimum absolute atomic E-state index is 0.0278. The number of carbonyl (C=O) groups is 2. The Hall–Kier alpha value is -3.11. The van der Waals surface area contributed by atoms with Gasteiger partial charge in [-0.15, -0.1) is 0 Å². The van der Waals surface area contributed by atoms with Gasteiger partial charge < -0.3 is 25.4 Å². The smallest absolute Gasteiger partial charge is 0.416 e. The van der Waals surface area contributed by atoms with E-state index >= 15 is 0 Å². The van der Waals surface area contributed by atoms with Crippen molar-refractivity contribution in [1.82, 2.24) is 5.32 Å². The van der Waals surface area contributed by atoms with Crippen molar-refractivity contribution in [3.63, 3.8) is 0 Å². The van der Waals surface area contributed by atoms with Crippen molar-refractivity contribution in [2.45, 2.75) is 31.4 Å². The van der Waals surface area contributed by atoms with Crippen LogP contribution < -0.4 is 5.32 Å². The molecule has 0 radical (unpaired) electrons. The number of ether oxygens (including phenoxy) is 1. The highest BCUT2D eigenvalue weighted by Crippen LogP contribution is 2.33. The van der Waals surface area contributed by atoms with E-state index in [9.17, 15) is 33.0 Å². The highest BCUT2D eigenvalue weighted by Gasteiger charge is 2.33. The molecule has 0 saturated heterocycles. The van der Waals surface area contributed by atoms with Gasteiger partial charge >= 0.3 is 18.2 Å². The number of alkyl halides is 3. The van der Waals surface area contributed by atoms with Crippen molar-refractivity contribution in [1.29, 1.82) is 0 Å². The molecule has 0 bridgehead atoms. The van der Waals surface area contributed by atoms with Gasteiger partial charge in [0.2, 0.25) is 0 Å². The molecule has 2 unspecified atom stereocenters. The minimum atomic E-state index is -4.82. The number of nitrogens with one attached hydrogen (secondary N) is 1. The van der Waals surface area contributed by atoms with Gasteiger partial charge in [-0.3, -0.25) is 0 Å². The normalized spacial score (nSPS) is 13.4. The Morgan fingerprint density at radius 1 is 1.07 bits per heavy atom. The lowest BCUT2D eigenvalue weighted by atomic mass is 9.97. The first kappa shape index (κ1) is 23.2. The van der Waals surface area contributed by atoms with Gasteiger partial charge in [0.1, 0.15) is 12.7 Å². The van der Waals surface area contributed by atoms with Crippen LogP contribution in [0.15, 0.2) is 48.5 Å². The van der Waals surface area contributed by atoms with Crippen LogP contribution in [0.1, 0.15) is 39.6 Å². The molecule has 0 saturated carbocycles. The minimum Gasteiger partial charge on any atom is -0.478 e. The maximum Gasteiger partial charge on any atom is 0.416 e.